The molecule has 108 valence electrons. The minimum atomic E-state index is 0.00598. The molecule has 3 heteroatoms. The highest BCUT2D eigenvalue weighted by Crippen LogP contribution is 2.36. The molecule has 0 saturated carbocycles. The van der Waals surface area contributed by atoms with Crippen LogP contribution in [0.4, 0.5) is 0 Å². The van der Waals surface area contributed by atoms with E-state index in [4.69, 9.17) is 16.3 Å². The van der Waals surface area contributed by atoms with Crippen LogP contribution in [-0.4, -0.2) is 5.78 Å². The highest BCUT2D eigenvalue weighted by molar-refractivity contribution is 6.32. The summed E-state index contributed by atoms with van der Waals surface area (Å²) in [5.41, 5.74) is 3.21. The van der Waals surface area contributed by atoms with Crippen molar-refractivity contribution >= 4 is 17.4 Å². The lowest BCUT2D eigenvalue weighted by Crippen LogP contribution is -2.15. The van der Waals surface area contributed by atoms with E-state index in [2.05, 4.69) is 18.2 Å². The summed E-state index contributed by atoms with van der Waals surface area (Å²) in [7, 11) is 0. The summed E-state index contributed by atoms with van der Waals surface area (Å²) in [6.07, 6.45) is 3.25. The molecule has 0 aromatic heterocycles. The molecule has 0 heterocycles. The van der Waals surface area contributed by atoms with E-state index in [1.54, 1.807) is 18.2 Å². The van der Waals surface area contributed by atoms with Crippen molar-refractivity contribution in [3.8, 4) is 5.75 Å². The van der Waals surface area contributed by atoms with Crippen molar-refractivity contribution in [3.63, 3.8) is 0 Å². The molecule has 1 aliphatic rings. The smallest absolute Gasteiger partial charge is 0.159 e. The van der Waals surface area contributed by atoms with Crippen LogP contribution in [0.3, 0.4) is 0 Å². The van der Waals surface area contributed by atoms with E-state index in [0.29, 0.717) is 16.3 Å². The van der Waals surface area contributed by atoms with Gasteiger partial charge in [-0.1, -0.05) is 35.9 Å². The molecule has 0 saturated heterocycles. The van der Waals surface area contributed by atoms with Crippen LogP contribution in [0.25, 0.3) is 0 Å². The van der Waals surface area contributed by atoms with Crippen molar-refractivity contribution in [2.24, 2.45) is 0 Å². The van der Waals surface area contributed by atoms with E-state index < -0.39 is 0 Å². The molecule has 1 aliphatic carbocycles. The third-order valence-corrected chi connectivity index (χ3v) is 4.22. The first kappa shape index (κ1) is 14.2. The molecule has 21 heavy (non-hydrogen) atoms. The second-order valence-corrected chi connectivity index (χ2v) is 5.81. The Morgan fingerprint density at radius 3 is 2.81 bits per heavy atom. The molecule has 0 fully saturated rings. The zero-order valence-corrected chi connectivity index (χ0v) is 12.7. The Morgan fingerprint density at radius 2 is 2.05 bits per heavy atom. The summed E-state index contributed by atoms with van der Waals surface area (Å²) in [5.74, 6) is 0.648. The number of carbonyl (C=O) groups is 1. The van der Waals surface area contributed by atoms with Crippen LogP contribution >= 0.6 is 11.6 Å². The Balaban J connectivity index is 1.86. The molecule has 0 spiro atoms. The van der Waals surface area contributed by atoms with Gasteiger partial charge < -0.3 is 4.74 Å². The number of benzene rings is 2. The van der Waals surface area contributed by atoms with Crippen LogP contribution in [0.15, 0.2) is 42.5 Å². The predicted octanol–water partition coefficient (Wildman–Crippen LogP) is 5.00. The second kappa shape index (κ2) is 5.90. The summed E-state index contributed by atoms with van der Waals surface area (Å²) in [6.45, 7) is 1.53. The van der Waals surface area contributed by atoms with Crippen LogP contribution < -0.4 is 4.74 Å². The molecule has 2 aromatic carbocycles. The van der Waals surface area contributed by atoms with E-state index in [0.717, 1.165) is 19.3 Å². The maximum atomic E-state index is 11.4. The van der Waals surface area contributed by atoms with Crippen molar-refractivity contribution in [2.75, 3.05) is 0 Å². The van der Waals surface area contributed by atoms with Gasteiger partial charge in [-0.05, 0) is 55.5 Å². The van der Waals surface area contributed by atoms with Crippen molar-refractivity contribution in [3.05, 3.63) is 64.2 Å². The van der Waals surface area contributed by atoms with Crippen molar-refractivity contribution in [2.45, 2.75) is 32.3 Å². The van der Waals surface area contributed by atoms with Gasteiger partial charge in [0.05, 0.1) is 5.02 Å². The van der Waals surface area contributed by atoms with Gasteiger partial charge in [0, 0.05) is 5.56 Å². The van der Waals surface area contributed by atoms with Gasteiger partial charge in [-0.15, -0.1) is 0 Å². The number of rotatable bonds is 3. The first-order valence-corrected chi connectivity index (χ1v) is 7.58. The van der Waals surface area contributed by atoms with Gasteiger partial charge in [-0.2, -0.15) is 0 Å². The third-order valence-electron chi connectivity index (χ3n) is 3.92. The van der Waals surface area contributed by atoms with Crippen LogP contribution in [0, 0.1) is 0 Å². The summed E-state index contributed by atoms with van der Waals surface area (Å²) in [6, 6.07) is 13.6. The fourth-order valence-corrected chi connectivity index (χ4v) is 3.03. The van der Waals surface area contributed by atoms with Gasteiger partial charge in [-0.3, -0.25) is 4.79 Å². The Labute approximate surface area is 129 Å². The molecule has 0 N–H and O–H groups in total. The summed E-state index contributed by atoms with van der Waals surface area (Å²) < 4.78 is 6.10. The fraction of sp³-hybridized carbons (Fsp3) is 0.278. The number of hydrogen-bond acceptors (Lipinski definition) is 2. The van der Waals surface area contributed by atoms with Gasteiger partial charge in [0.2, 0.25) is 0 Å². The third kappa shape index (κ3) is 2.96. The summed E-state index contributed by atoms with van der Waals surface area (Å²) in [5, 5.41) is 0.491. The van der Waals surface area contributed by atoms with E-state index in [-0.39, 0.29) is 11.9 Å². The zero-order chi connectivity index (χ0) is 14.8. The number of ketones is 1. The maximum absolute atomic E-state index is 11.4. The average Bonchev–Trinajstić information content (AvgIpc) is 2.49. The lowest BCUT2D eigenvalue weighted by Gasteiger charge is -2.26. The van der Waals surface area contributed by atoms with Crippen molar-refractivity contribution in [1.29, 1.82) is 0 Å². The van der Waals surface area contributed by atoms with Gasteiger partial charge in [0.15, 0.2) is 5.78 Å². The number of aryl methyl sites for hydroxylation is 1. The molecule has 1 unspecified atom stereocenters. The van der Waals surface area contributed by atoms with E-state index in [9.17, 15) is 4.79 Å². The van der Waals surface area contributed by atoms with E-state index in [1.165, 1.54) is 18.1 Å². The Hall–Kier alpha value is -1.80. The first-order valence-electron chi connectivity index (χ1n) is 7.20. The molecule has 0 aliphatic heterocycles. The minimum Gasteiger partial charge on any atom is -0.484 e. The lowest BCUT2D eigenvalue weighted by atomic mass is 9.89. The minimum absolute atomic E-state index is 0.00598. The number of halogens is 1. The molecule has 0 amide bonds. The molecular weight excluding hydrogens is 284 g/mol. The molecule has 1 atom stereocenters. The SMILES string of the molecule is CC(=O)c1ccc(OC2CCCc3ccccc32)c(Cl)c1. The van der Waals surface area contributed by atoms with Crippen LogP contribution in [0.2, 0.25) is 5.02 Å². The fourth-order valence-electron chi connectivity index (χ4n) is 2.80. The standard InChI is InChI=1S/C18H17ClO2/c1-12(20)14-9-10-18(16(19)11-14)21-17-8-4-6-13-5-2-3-7-15(13)17/h2-3,5,7,9-11,17H,4,6,8H2,1H3. The Kier molecular flexibility index (Phi) is 3.98. The summed E-state index contributed by atoms with van der Waals surface area (Å²) in [4.78, 5) is 11.4. The highest BCUT2D eigenvalue weighted by atomic mass is 35.5. The van der Waals surface area contributed by atoms with Crippen molar-refractivity contribution in [1.82, 2.24) is 0 Å². The highest BCUT2D eigenvalue weighted by Gasteiger charge is 2.22. The molecular formula is C18H17ClO2. The quantitative estimate of drug-likeness (QED) is 0.746. The zero-order valence-electron chi connectivity index (χ0n) is 11.9. The van der Waals surface area contributed by atoms with E-state index in [1.807, 2.05) is 6.07 Å². The second-order valence-electron chi connectivity index (χ2n) is 5.40. The maximum Gasteiger partial charge on any atom is 0.159 e. The first-order chi connectivity index (χ1) is 10.1. The largest absolute Gasteiger partial charge is 0.484 e. The predicted molar refractivity (Wildman–Crippen MR) is 84.2 cm³/mol. The normalized spacial score (nSPS) is 17.1. The molecule has 2 nitrogen and oxygen atoms in total. The number of Topliss-reactive ketones (excluding diaryl/α,β-unsaturated/α-hetero) is 1. The van der Waals surface area contributed by atoms with Crippen molar-refractivity contribution < 1.29 is 9.53 Å². The molecule has 3 rings (SSSR count). The van der Waals surface area contributed by atoms with Gasteiger partial charge in [0.1, 0.15) is 11.9 Å². The number of ether oxygens (including phenoxy) is 1. The lowest BCUT2D eigenvalue weighted by molar-refractivity contribution is 0.101. The Bertz CT molecular complexity index is 679. The molecule has 2 aromatic rings. The van der Waals surface area contributed by atoms with Crippen LogP contribution in [0.5, 0.6) is 5.75 Å². The van der Waals surface area contributed by atoms with Gasteiger partial charge >= 0.3 is 0 Å². The molecule has 0 bridgehead atoms. The van der Waals surface area contributed by atoms with E-state index >= 15 is 0 Å². The van der Waals surface area contributed by atoms with Crippen LogP contribution in [-0.2, 0) is 6.42 Å². The Morgan fingerprint density at radius 1 is 1.24 bits per heavy atom. The van der Waals surface area contributed by atoms with Gasteiger partial charge in [-0.25, -0.2) is 0 Å². The summed E-state index contributed by atoms with van der Waals surface area (Å²) >= 11 is 6.24. The molecule has 0 radical (unpaired) electrons. The topological polar surface area (TPSA) is 26.3 Å². The number of hydrogen-bond donors (Lipinski definition) is 0. The van der Waals surface area contributed by atoms with Crippen LogP contribution in [0.1, 0.15) is 47.4 Å². The number of fused-ring (bicyclic) bond motifs is 1. The number of carbonyl (C=O) groups excluding carboxylic acids is 1. The monoisotopic (exact) mass is 300 g/mol. The average molecular weight is 301 g/mol. The van der Waals surface area contributed by atoms with Gasteiger partial charge in [0.25, 0.3) is 0 Å².